The quantitative estimate of drug-likeness (QED) is 0.673. The molecule has 0 saturated heterocycles. The smallest absolute Gasteiger partial charge is 0.403 e. The SMILES string of the molecule is O=c1cc(CCl)c(OC(F)(F)F)c(C(F)(F)F)[nH]1. The summed E-state index contributed by atoms with van der Waals surface area (Å²) in [5, 5.41) is 0. The molecule has 0 radical (unpaired) electrons. The van der Waals surface area contributed by atoms with Gasteiger partial charge in [0.05, 0.1) is 5.88 Å². The summed E-state index contributed by atoms with van der Waals surface area (Å²) >= 11 is 5.19. The minimum atomic E-state index is -5.33. The highest BCUT2D eigenvalue weighted by Crippen LogP contribution is 2.38. The van der Waals surface area contributed by atoms with Crippen LogP contribution < -0.4 is 10.3 Å². The molecular weight excluding hydrogens is 292 g/mol. The van der Waals surface area contributed by atoms with Crippen LogP contribution in [0.1, 0.15) is 11.3 Å². The Morgan fingerprint density at radius 2 is 1.78 bits per heavy atom. The van der Waals surface area contributed by atoms with Crippen LogP contribution in [0.2, 0.25) is 0 Å². The van der Waals surface area contributed by atoms with Crippen molar-refractivity contribution in [3.63, 3.8) is 0 Å². The number of aromatic nitrogens is 1. The van der Waals surface area contributed by atoms with Gasteiger partial charge in [-0.15, -0.1) is 24.8 Å². The van der Waals surface area contributed by atoms with Crippen molar-refractivity contribution >= 4 is 11.6 Å². The van der Waals surface area contributed by atoms with Crippen LogP contribution in [-0.2, 0) is 12.1 Å². The number of hydrogen-bond acceptors (Lipinski definition) is 2. The Bertz CT molecular complexity index is 492. The molecule has 0 unspecified atom stereocenters. The molecule has 1 N–H and O–H groups in total. The lowest BCUT2D eigenvalue weighted by molar-refractivity contribution is -0.276. The normalized spacial score (nSPS) is 12.6. The Hall–Kier alpha value is -1.38. The number of alkyl halides is 7. The zero-order valence-corrected chi connectivity index (χ0v) is 9.00. The van der Waals surface area contributed by atoms with E-state index in [9.17, 15) is 31.1 Å². The zero-order valence-electron chi connectivity index (χ0n) is 8.25. The number of aromatic amines is 1. The molecule has 0 spiro atoms. The zero-order chi connectivity index (χ0) is 14.1. The Morgan fingerprint density at radius 3 is 2.17 bits per heavy atom. The van der Waals surface area contributed by atoms with Gasteiger partial charge in [-0.1, -0.05) is 0 Å². The van der Waals surface area contributed by atoms with E-state index in [1.807, 2.05) is 0 Å². The standard InChI is InChI=1S/C8H4ClF6NO2/c9-2-3-1-4(17)16-6(7(10,11)12)5(3)18-8(13,14)15/h1H,2H2,(H,16,17). The van der Waals surface area contributed by atoms with E-state index < -0.39 is 41.0 Å². The maximum atomic E-state index is 12.5. The Morgan fingerprint density at radius 1 is 1.22 bits per heavy atom. The molecule has 0 aliphatic rings. The number of H-pyrrole nitrogens is 1. The molecule has 1 aromatic heterocycles. The van der Waals surface area contributed by atoms with Gasteiger partial charge in [-0.25, -0.2) is 0 Å². The van der Waals surface area contributed by atoms with Crippen LogP contribution >= 0.6 is 11.6 Å². The second-order valence-corrected chi connectivity index (χ2v) is 3.31. The highest BCUT2D eigenvalue weighted by Gasteiger charge is 2.41. The van der Waals surface area contributed by atoms with Crippen LogP contribution in [0.15, 0.2) is 10.9 Å². The summed E-state index contributed by atoms with van der Waals surface area (Å²) in [5.41, 5.74) is -3.86. The average Bonchev–Trinajstić information content (AvgIpc) is 2.16. The van der Waals surface area contributed by atoms with Crippen LogP contribution in [0.5, 0.6) is 5.75 Å². The lowest BCUT2D eigenvalue weighted by Gasteiger charge is -2.17. The fourth-order valence-electron chi connectivity index (χ4n) is 1.13. The Labute approximate surface area is 100 Å². The highest BCUT2D eigenvalue weighted by molar-refractivity contribution is 6.17. The molecule has 10 heteroatoms. The molecular formula is C8H4ClF6NO2. The van der Waals surface area contributed by atoms with Crippen LogP contribution in [0.25, 0.3) is 0 Å². The molecule has 0 amide bonds. The minimum absolute atomic E-state index is 0.503. The third-order valence-corrected chi connectivity index (χ3v) is 2.01. The van der Waals surface area contributed by atoms with Gasteiger partial charge in [0, 0.05) is 11.6 Å². The number of ether oxygens (including phenoxy) is 1. The number of rotatable bonds is 2. The highest BCUT2D eigenvalue weighted by atomic mass is 35.5. The molecule has 3 nitrogen and oxygen atoms in total. The maximum Gasteiger partial charge on any atom is 0.573 e. The molecule has 0 fully saturated rings. The van der Waals surface area contributed by atoms with Crippen molar-refractivity contribution in [1.29, 1.82) is 0 Å². The molecule has 0 aliphatic carbocycles. The van der Waals surface area contributed by atoms with Gasteiger partial charge >= 0.3 is 12.5 Å². The molecule has 102 valence electrons. The first-order valence-corrected chi connectivity index (χ1v) is 4.73. The van der Waals surface area contributed by atoms with Gasteiger partial charge in [0.25, 0.3) is 0 Å². The minimum Gasteiger partial charge on any atom is -0.403 e. The van der Waals surface area contributed by atoms with Crippen LogP contribution in [0.3, 0.4) is 0 Å². The van der Waals surface area contributed by atoms with Crippen molar-refractivity contribution in [3.05, 3.63) is 27.7 Å². The van der Waals surface area contributed by atoms with Crippen molar-refractivity contribution < 1.29 is 31.1 Å². The molecule has 1 heterocycles. The number of nitrogens with one attached hydrogen (secondary N) is 1. The van der Waals surface area contributed by atoms with Gasteiger partial charge in [0.2, 0.25) is 5.56 Å². The van der Waals surface area contributed by atoms with E-state index in [0.717, 1.165) is 0 Å². The molecule has 0 saturated carbocycles. The van der Waals surface area contributed by atoms with Gasteiger partial charge in [0.15, 0.2) is 11.4 Å². The molecule has 1 rings (SSSR count). The van der Waals surface area contributed by atoms with Gasteiger partial charge in [-0.05, 0) is 0 Å². The van der Waals surface area contributed by atoms with E-state index in [1.54, 1.807) is 0 Å². The predicted molar refractivity (Wildman–Crippen MR) is 48.3 cm³/mol. The topological polar surface area (TPSA) is 42.1 Å². The summed E-state index contributed by atoms with van der Waals surface area (Å²) in [6.07, 6.45) is -10.5. The summed E-state index contributed by atoms with van der Waals surface area (Å²) in [4.78, 5) is 12.1. The number of hydrogen-bond donors (Lipinski definition) is 1. The van der Waals surface area contributed by atoms with Crippen molar-refractivity contribution in [1.82, 2.24) is 4.98 Å². The fourth-order valence-corrected chi connectivity index (χ4v) is 1.33. The van der Waals surface area contributed by atoms with Gasteiger partial charge in [-0.3, -0.25) is 4.79 Å². The maximum absolute atomic E-state index is 12.5. The molecule has 1 aromatic rings. The van der Waals surface area contributed by atoms with E-state index in [1.165, 1.54) is 4.98 Å². The molecule has 0 aliphatic heterocycles. The van der Waals surface area contributed by atoms with E-state index in [4.69, 9.17) is 11.6 Å². The van der Waals surface area contributed by atoms with E-state index in [0.29, 0.717) is 6.07 Å². The fraction of sp³-hybridized carbons (Fsp3) is 0.375. The third-order valence-electron chi connectivity index (χ3n) is 1.72. The summed E-state index contributed by atoms with van der Waals surface area (Å²) in [7, 11) is 0. The first-order valence-electron chi connectivity index (χ1n) is 4.19. The van der Waals surface area contributed by atoms with Gasteiger partial charge in [0.1, 0.15) is 0 Å². The molecule has 18 heavy (non-hydrogen) atoms. The summed E-state index contributed by atoms with van der Waals surface area (Å²) in [6.45, 7) is 0. The first kappa shape index (κ1) is 14.7. The van der Waals surface area contributed by atoms with Crippen molar-refractivity contribution in [2.24, 2.45) is 0 Å². The van der Waals surface area contributed by atoms with Crippen molar-refractivity contribution in [3.8, 4) is 5.75 Å². The first-order chi connectivity index (χ1) is 8.04. The summed E-state index contributed by atoms with van der Waals surface area (Å²) < 4.78 is 76.6. The summed E-state index contributed by atoms with van der Waals surface area (Å²) in [6, 6.07) is 0.503. The van der Waals surface area contributed by atoms with E-state index in [-0.39, 0.29) is 0 Å². The van der Waals surface area contributed by atoms with Crippen molar-refractivity contribution in [2.45, 2.75) is 18.4 Å². The third kappa shape index (κ3) is 3.56. The largest absolute Gasteiger partial charge is 0.573 e. The van der Waals surface area contributed by atoms with Gasteiger partial charge in [-0.2, -0.15) is 13.2 Å². The van der Waals surface area contributed by atoms with Crippen molar-refractivity contribution in [2.75, 3.05) is 0 Å². The average molecular weight is 296 g/mol. The monoisotopic (exact) mass is 295 g/mol. The molecule has 0 atom stereocenters. The molecule has 0 bridgehead atoms. The number of pyridine rings is 1. The second-order valence-electron chi connectivity index (χ2n) is 3.04. The predicted octanol–water partition coefficient (Wildman–Crippen LogP) is 3.03. The number of halogens is 7. The van der Waals surface area contributed by atoms with Crippen LogP contribution in [0.4, 0.5) is 26.3 Å². The van der Waals surface area contributed by atoms with Gasteiger partial charge < -0.3 is 9.72 Å². The van der Waals surface area contributed by atoms with Crippen LogP contribution in [-0.4, -0.2) is 11.3 Å². The van der Waals surface area contributed by atoms with E-state index >= 15 is 0 Å². The lowest BCUT2D eigenvalue weighted by Crippen LogP contribution is -2.25. The van der Waals surface area contributed by atoms with E-state index in [2.05, 4.69) is 4.74 Å². The summed E-state index contributed by atoms with van der Waals surface area (Å²) in [5.74, 6) is -2.29. The molecule has 0 aromatic carbocycles. The second kappa shape index (κ2) is 4.71. The Balaban J connectivity index is 3.48. The lowest BCUT2D eigenvalue weighted by atomic mass is 10.2. The Kier molecular flexibility index (Phi) is 3.84. The van der Waals surface area contributed by atoms with Crippen LogP contribution in [0, 0.1) is 0 Å².